The Morgan fingerprint density at radius 1 is 1.17 bits per heavy atom. The first-order chi connectivity index (χ1) is 8.57. The lowest BCUT2D eigenvalue weighted by Gasteiger charge is -2.35. The minimum Gasteiger partial charge on any atom is -0.349 e. The van der Waals surface area contributed by atoms with Crippen LogP contribution in [0.1, 0.15) is 39.5 Å². The highest BCUT2D eigenvalue weighted by molar-refractivity contribution is 4.77. The summed E-state index contributed by atoms with van der Waals surface area (Å²) in [6, 6.07) is 1.15. The Kier molecular flexibility index (Phi) is 5.01. The fraction of sp³-hybridized carbons (Fsp3) is 1.00. The van der Waals surface area contributed by atoms with Crippen molar-refractivity contribution in [1.29, 1.82) is 0 Å². The summed E-state index contributed by atoms with van der Waals surface area (Å²) in [7, 11) is 2.24. The fourth-order valence-corrected chi connectivity index (χ4v) is 2.78. The minimum atomic E-state index is -0.404. The van der Waals surface area contributed by atoms with Crippen LogP contribution < -0.4 is 5.32 Å². The molecule has 1 aliphatic heterocycles. The average molecular weight is 256 g/mol. The van der Waals surface area contributed by atoms with Gasteiger partial charge in [0.15, 0.2) is 5.79 Å². The van der Waals surface area contributed by atoms with Crippen molar-refractivity contribution in [2.24, 2.45) is 0 Å². The van der Waals surface area contributed by atoms with Crippen LogP contribution in [-0.2, 0) is 9.47 Å². The first-order valence-electron chi connectivity index (χ1n) is 7.28. The van der Waals surface area contributed by atoms with Crippen LogP contribution in [0.4, 0.5) is 0 Å². The molecule has 1 heterocycles. The highest BCUT2D eigenvalue weighted by Gasteiger charge is 2.28. The summed E-state index contributed by atoms with van der Waals surface area (Å²) in [5.74, 6) is -0.404. The predicted octanol–water partition coefficient (Wildman–Crippen LogP) is 1.60. The van der Waals surface area contributed by atoms with Gasteiger partial charge in [-0.05, 0) is 33.7 Å². The number of rotatable bonds is 5. The summed E-state index contributed by atoms with van der Waals surface area (Å²) in [5.41, 5.74) is 0. The van der Waals surface area contributed by atoms with E-state index in [0.717, 1.165) is 32.3 Å². The molecule has 1 saturated carbocycles. The molecule has 18 heavy (non-hydrogen) atoms. The van der Waals surface area contributed by atoms with Gasteiger partial charge in [-0.3, -0.25) is 0 Å². The van der Waals surface area contributed by atoms with Crippen LogP contribution in [0.3, 0.4) is 0 Å². The van der Waals surface area contributed by atoms with Gasteiger partial charge in [0.1, 0.15) is 0 Å². The molecule has 1 N–H and O–H groups in total. The van der Waals surface area contributed by atoms with Crippen molar-refractivity contribution in [3.8, 4) is 0 Å². The maximum Gasteiger partial charge on any atom is 0.162 e. The van der Waals surface area contributed by atoms with E-state index >= 15 is 0 Å². The van der Waals surface area contributed by atoms with E-state index in [-0.39, 0.29) is 0 Å². The van der Waals surface area contributed by atoms with Crippen LogP contribution in [0.2, 0.25) is 0 Å². The normalized spacial score (nSPS) is 26.0. The van der Waals surface area contributed by atoms with Crippen molar-refractivity contribution in [2.75, 3.05) is 33.4 Å². The summed E-state index contributed by atoms with van der Waals surface area (Å²) in [6.45, 7) is 7.57. The maximum absolute atomic E-state index is 5.64. The quantitative estimate of drug-likeness (QED) is 0.810. The third-order valence-corrected chi connectivity index (χ3v) is 4.11. The highest BCUT2D eigenvalue weighted by atomic mass is 16.7. The maximum atomic E-state index is 5.64. The van der Waals surface area contributed by atoms with E-state index in [2.05, 4.69) is 17.3 Å². The van der Waals surface area contributed by atoms with Gasteiger partial charge in [-0.1, -0.05) is 12.8 Å². The molecule has 4 heteroatoms. The number of ether oxygens (including phenoxy) is 2. The summed E-state index contributed by atoms with van der Waals surface area (Å²) < 4.78 is 11.3. The molecule has 2 rings (SSSR count). The molecular weight excluding hydrogens is 228 g/mol. The van der Waals surface area contributed by atoms with Gasteiger partial charge in [0.05, 0.1) is 19.3 Å². The molecule has 0 aromatic carbocycles. The lowest BCUT2D eigenvalue weighted by atomic mass is 10.2. The lowest BCUT2D eigenvalue weighted by Crippen LogP contribution is -2.50. The monoisotopic (exact) mass is 256 g/mol. The fourth-order valence-electron chi connectivity index (χ4n) is 2.78. The smallest absolute Gasteiger partial charge is 0.162 e. The van der Waals surface area contributed by atoms with Gasteiger partial charge in [0, 0.05) is 19.1 Å². The van der Waals surface area contributed by atoms with E-state index in [4.69, 9.17) is 9.47 Å². The van der Waals surface area contributed by atoms with Crippen LogP contribution in [0.15, 0.2) is 0 Å². The molecule has 0 bridgehead atoms. The van der Waals surface area contributed by atoms with Crippen molar-refractivity contribution in [3.05, 3.63) is 0 Å². The zero-order chi connectivity index (χ0) is 13.0. The molecule has 0 aromatic rings. The highest BCUT2D eigenvalue weighted by Crippen LogP contribution is 2.22. The largest absolute Gasteiger partial charge is 0.349 e. The molecule has 0 unspecified atom stereocenters. The Hall–Kier alpha value is -0.160. The van der Waals surface area contributed by atoms with Crippen LogP contribution >= 0.6 is 0 Å². The summed E-state index contributed by atoms with van der Waals surface area (Å²) >= 11 is 0. The van der Waals surface area contributed by atoms with E-state index < -0.39 is 5.79 Å². The average Bonchev–Trinajstić information content (AvgIpc) is 2.85. The molecule has 2 fully saturated rings. The molecule has 0 radical (unpaired) electrons. The summed E-state index contributed by atoms with van der Waals surface area (Å²) in [5, 5.41) is 3.52. The van der Waals surface area contributed by atoms with Gasteiger partial charge in [-0.15, -0.1) is 0 Å². The first-order valence-corrected chi connectivity index (χ1v) is 7.28. The van der Waals surface area contributed by atoms with Crippen molar-refractivity contribution in [3.63, 3.8) is 0 Å². The summed E-state index contributed by atoms with van der Waals surface area (Å²) in [4.78, 5) is 2.49. The minimum absolute atomic E-state index is 0.343. The van der Waals surface area contributed by atoms with Crippen LogP contribution in [0.25, 0.3) is 0 Å². The Morgan fingerprint density at radius 2 is 1.78 bits per heavy atom. The molecule has 1 aliphatic carbocycles. The molecule has 0 aromatic heterocycles. The SMILES string of the molecule is CN(CCNC1COC(C)(C)OC1)C1CCCC1. The third-order valence-electron chi connectivity index (χ3n) is 4.11. The molecular formula is C14H28N2O2. The first kappa shape index (κ1) is 14.3. The van der Waals surface area contributed by atoms with Crippen LogP contribution in [0.5, 0.6) is 0 Å². The second kappa shape index (κ2) is 6.33. The third kappa shape index (κ3) is 4.19. The van der Waals surface area contributed by atoms with Crippen LogP contribution in [0, 0.1) is 0 Å². The van der Waals surface area contributed by atoms with Crippen LogP contribution in [-0.4, -0.2) is 56.1 Å². The second-order valence-corrected chi connectivity index (χ2v) is 6.09. The van der Waals surface area contributed by atoms with Gasteiger partial charge in [-0.2, -0.15) is 0 Å². The van der Waals surface area contributed by atoms with Crippen molar-refractivity contribution in [2.45, 2.75) is 57.4 Å². The molecule has 1 saturated heterocycles. The van der Waals surface area contributed by atoms with Gasteiger partial charge >= 0.3 is 0 Å². The molecule has 4 nitrogen and oxygen atoms in total. The Balaban J connectivity index is 1.58. The van der Waals surface area contributed by atoms with Gasteiger partial charge in [0.25, 0.3) is 0 Å². The number of nitrogens with one attached hydrogen (secondary N) is 1. The van der Waals surface area contributed by atoms with E-state index in [9.17, 15) is 0 Å². The van der Waals surface area contributed by atoms with E-state index in [1.165, 1.54) is 25.7 Å². The lowest BCUT2D eigenvalue weighted by molar-refractivity contribution is -0.252. The summed E-state index contributed by atoms with van der Waals surface area (Å²) in [6.07, 6.45) is 5.56. The van der Waals surface area contributed by atoms with E-state index in [1.54, 1.807) is 0 Å². The number of hydrogen-bond acceptors (Lipinski definition) is 4. The molecule has 0 amide bonds. The van der Waals surface area contributed by atoms with Gasteiger partial charge in [0.2, 0.25) is 0 Å². The van der Waals surface area contributed by atoms with Gasteiger partial charge < -0.3 is 19.7 Å². The molecule has 106 valence electrons. The number of nitrogens with zero attached hydrogens (tertiary/aromatic N) is 1. The predicted molar refractivity (Wildman–Crippen MR) is 72.7 cm³/mol. The molecule has 2 aliphatic rings. The van der Waals surface area contributed by atoms with Gasteiger partial charge in [-0.25, -0.2) is 0 Å². The van der Waals surface area contributed by atoms with Crippen molar-refractivity contribution < 1.29 is 9.47 Å². The second-order valence-electron chi connectivity index (χ2n) is 6.09. The number of likely N-dealkylation sites (N-methyl/N-ethyl adjacent to an activating group) is 1. The zero-order valence-electron chi connectivity index (χ0n) is 12.1. The Morgan fingerprint density at radius 3 is 2.39 bits per heavy atom. The molecule has 0 atom stereocenters. The van der Waals surface area contributed by atoms with Crippen molar-refractivity contribution >= 4 is 0 Å². The van der Waals surface area contributed by atoms with Crippen molar-refractivity contribution in [1.82, 2.24) is 10.2 Å². The van der Waals surface area contributed by atoms with E-state index in [1.807, 2.05) is 13.8 Å². The standard InChI is InChI=1S/C14H28N2O2/c1-14(2)17-10-12(11-18-14)15-8-9-16(3)13-6-4-5-7-13/h12-13,15H,4-11H2,1-3H3. The topological polar surface area (TPSA) is 33.7 Å². The zero-order valence-corrected chi connectivity index (χ0v) is 12.1. The molecule has 0 spiro atoms. The number of hydrogen-bond donors (Lipinski definition) is 1. The Labute approximate surface area is 111 Å². The van der Waals surface area contributed by atoms with E-state index in [0.29, 0.717) is 6.04 Å². The Bertz CT molecular complexity index is 242.